The van der Waals surface area contributed by atoms with Crippen molar-refractivity contribution in [2.75, 3.05) is 7.11 Å². The molecule has 0 spiro atoms. The van der Waals surface area contributed by atoms with Gasteiger partial charge >= 0.3 is 0 Å². The van der Waals surface area contributed by atoms with Gasteiger partial charge in [-0.25, -0.2) is 0 Å². The van der Waals surface area contributed by atoms with E-state index in [0.29, 0.717) is 18.0 Å². The molecule has 2 N–H and O–H groups in total. The molecule has 1 aromatic heterocycles. The molecule has 17 heavy (non-hydrogen) atoms. The van der Waals surface area contributed by atoms with Gasteiger partial charge in [0.15, 0.2) is 0 Å². The second-order valence-corrected chi connectivity index (χ2v) is 3.51. The highest BCUT2D eigenvalue weighted by molar-refractivity contribution is 5.36. The second-order valence-electron chi connectivity index (χ2n) is 3.51. The summed E-state index contributed by atoms with van der Waals surface area (Å²) in [5, 5.41) is 0. The number of benzene rings is 1. The van der Waals surface area contributed by atoms with Crippen LogP contribution in [0, 0.1) is 0 Å². The maximum Gasteiger partial charge on any atom is 0.146 e. The Balaban J connectivity index is 2.18. The van der Waals surface area contributed by atoms with Gasteiger partial charge < -0.3 is 15.2 Å². The summed E-state index contributed by atoms with van der Waals surface area (Å²) >= 11 is 0. The highest BCUT2D eigenvalue weighted by Gasteiger charge is 2.00. The molecule has 2 aromatic rings. The molecule has 0 amide bonds. The van der Waals surface area contributed by atoms with Crippen molar-refractivity contribution in [1.29, 1.82) is 0 Å². The number of nitrogens with zero attached hydrogens (tertiary/aromatic N) is 1. The van der Waals surface area contributed by atoms with Crippen LogP contribution in [0.3, 0.4) is 0 Å². The van der Waals surface area contributed by atoms with Gasteiger partial charge in [-0.2, -0.15) is 0 Å². The first-order valence-electron chi connectivity index (χ1n) is 5.27. The summed E-state index contributed by atoms with van der Waals surface area (Å²) in [6.45, 7) is 0.447. The van der Waals surface area contributed by atoms with Gasteiger partial charge in [-0.15, -0.1) is 0 Å². The minimum absolute atomic E-state index is 0.447. The van der Waals surface area contributed by atoms with E-state index in [2.05, 4.69) is 4.98 Å². The van der Waals surface area contributed by atoms with Crippen LogP contribution in [-0.2, 0) is 6.54 Å². The van der Waals surface area contributed by atoms with E-state index >= 15 is 0 Å². The summed E-state index contributed by atoms with van der Waals surface area (Å²) in [5.41, 5.74) is 6.48. The number of hydrogen-bond donors (Lipinski definition) is 1. The second kappa shape index (κ2) is 5.32. The van der Waals surface area contributed by atoms with E-state index < -0.39 is 0 Å². The molecule has 4 heteroatoms. The Kier molecular flexibility index (Phi) is 3.57. The van der Waals surface area contributed by atoms with Crippen LogP contribution in [0.4, 0.5) is 0 Å². The van der Waals surface area contributed by atoms with E-state index in [1.54, 1.807) is 19.5 Å². The summed E-state index contributed by atoms with van der Waals surface area (Å²) < 4.78 is 10.8. The summed E-state index contributed by atoms with van der Waals surface area (Å²) in [7, 11) is 1.62. The first kappa shape index (κ1) is 11.4. The number of methoxy groups -OCH3 is 1. The van der Waals surface area contributed by atoms with Crippen molar-refractivity contribution in [2.45, 2.75) is 6.54 Å². The molecular formula is C13H14N2O2. The van der Waals surface area contributed by atoms with Crippen molar-refractivity contribution in [3.63, 3.8) is 0 Å². The van der Waals surface area contributed by atoms with Crippen molar-refractivity contribution in [3.05, 3.63) is 48.3 Å². The van der Waals surface area contributed by atoms with Crippen LogP contribution >= 0.6 is 0 Å². The quantitative estimate of drug-likeness (QED) is 0.875. The number of pyridine rings is 1. The monoisotopic (exact) mass is 230 g/mol. The fraction of sp³-hybridized carbons (Fsp3) is 0.154. The van der Waals surface area contributed by atoms with Gasteiger partial charge in [0.1, 0.15) is 17.2 Å². The zero-order valence-corrected chi connectivity index (χ0v) is 9.59. The van der Waals surface area contributed by atoms with Crippen molar-refractivity contribution in [2.24, 2.45) is 5.73 Å². The van der Waals surface area contributed by atoms with Gasteiger partial charge in [0, 0.05) is 18.8 Å². The lowest BCUT2D eigenvalue weighted by molar-refractivity contribution is 0.409. The number of ether oxygens (including phenoxy) is 2. The topological polar surface area (TPSA) is 57.4 Å². The van der Waals surface area contributed by atoms with Gasteiger partial charge in [-0.1, -0.05) is 6.07 Å². The van der Waals surface area contributed by atoms with Crippen molar-refractivity contribution in [3.8, 4) is 17.2 Å². The molecule has 0 atom stereocenters. The molecule has 0 aliphatic carbocycles. The van der Waals surface area contributed by atoms with E-state index in [1.807, 2.05) is 30.3 Å². The largest absolute Gasteiger partial charge is 0.497 e. The fourth-order valence-corrected chi connectivity index (χ4v) is 1.43. The average Bonchev–Trinajstić information content (AvgIpc) is 2.39. The third-order valence-electron chi connectivity index (χ3n) is 2.28. The third-order valence-corrected chi connectivity index (χ3v) is 2.28. The van der Waals surface area contributed by atoms with Gasteiger partial charge in [-0.05, 0) is 23.8 Å². The summed E-state index contributed by atoms with van der Waals surface area (Å²) in [6.07, 6.45) is 3.37. The molecule has 0 aliphatic heterocycles. The highest BCUT2D eigenvalue weighted by atomic mass is 16.5. The SMILES string of the molecule is COc1cccc(Oc2cncc(CN)c2)c1. The van der Waals surface area contributed by atoms with Gasteiger partial charge in [0.25, 0.3) is 0 Å². The Morgan fingerprint density at radius 3 is 2.71 bits per heavy atom. The Morgan fingerprint density at radius 2 is 1.94 bits per heavy atom. The molecule has 0 saturated heterocycles. The van der Waals surface area contributed by atoms with Crippen molar-refractivity contribution >= 4 is 0 Å². The maximum absolute atomic E-state index is 5.67. The van der Waals surface area contributed by atoms with Crippen LogP contribution in [0.1, 0.15) is 5.56 Å². The Hall–Kier alpha value is -2.07. The van der Waals surface area contributed by atoms with Crippen molar-refractivity contribution in [1.82, 2.24) is 4.98 Å². The number of aromatic nitrogens is 1. The first-order chi connectivity index (χ1) is 8.31. The van der Waals surface area contributed by atoms with Crippen LogP contribution in [-0.4, -0.2) is 12.1 Å². The molecule has 0 bridgehead atoms. The zero-order valence-electron chi connectivity index (χ0n) is 9.59. The van der Waals surface area contributed by atoms with Crippen LogP contribution < -0.4 is 15.2 Å². The molecule has 4 nitrogen and oxygen atoms in total. The molecule has 1 heterocycles. The van der Waals surface area contributed by atoms with E-state index in [4.69, 9.17) is 15.2 Å². The summed E-state index contributed by atoms with van der Waals surface area (Å²) in [5.74, 6) is 2.13. The van der Waals surface area contributed by atoms with Crippen LogP contribution in [0.2, 0.25) is 0 Å². The zero-order chi connectivity index (χ0) is 12.1. The lowest BCUT2D eigenvalue weighted by atomic mass is 10.3. The molecule has 0 unspecified atom stereocenters. The van der Waals surface area contributed by atoms with Gasteiger partial charge in [0.2, 0.25) is 0 Å². The molecular weight excluding hydrogens is 216 g/mol. The molecule has 0 aliphatic rings. The Morgan fingerprint density at radius 1 is 1.12 bits per heavy atom. The van der Waals surface area contributed by atoms with E-state index in [-0.39, 0.29) is 0 Å². The molecule has 0 fully saturated rings. The number of hydrogen-bond acceptors (Lipinski definition) is 4. The van der Waals surface area contributed by atoms with E-state index in [9.17, 15) is 0 Å². The average molecular weight is 230 g/mol. The fourth-order valence-electron chi connectivity index (χ4n) is 1.43. The predicted octanol–water partition coefficient (Wildman–Crippen LogP) is 2.34. The molecule has 1 aromatic carbocycles. The highest BCUT2D eigenvalue weighted by Crippen LogP contribution is 2.24. The number of nitrogens with two attached hydrogens (primary N) is 1. The minimum atomic E-state index is 0.447. The van der Waals surface area contributed by atoms with E-state index in [1.165, 1.54) is 0 Å². The molecule has 88 valence electrons. The smallest absolute Gasteiger partial charge is 0.146 e. The standard InChI is InChI=1S/C13H14N2O2/c1-16-11-3-2-4-12(6-11)17-13-5-10(7-14)8-15-9-13/h2-6,8-9H,7,14H2,1H3. The maximum atomic E-state index is 5.67. The van der Waals surface area contributed by atoms with Gasteiger partial charge in [0.05, 0.1) is 13.3 Å². The lowest BCUT2D eigenvalue weighted by Gasteiger charge is -2.07. The summed E-state index contributed by atoms with van der Waals surface area (Å²) in [4.78, 5) is 4.06. The Bertz CT molecular complexity index is 455. The normalized spacial score (nSPS) is 10.0. The lowest BCUT2D eigenvalue weighted by Crippen LogP contribution is -1.97. The third kappa shape index (κ3) is 2.95. The summed E-state index contributed by atoms with van der Waals surface area (Å²) in [6, 6.07) is 9.27. The first-order valence-corrected chi connectivity index (χ1v) is 5.27. The van der Waals surface area contributed by atoms with E-state index in [0.717, 1.165) is 11.3 Å². The minimum Gasteiger partial charge on any atom is -0.497 e. The Labute approximate surface area is 100 Å². The molecule has 0 radical (unpaired) electrons. The van der Waals surface area contributed by atoms with Crippen LogP contribution in [0.15, 0.2) is 42.7 Å². The van der Waals surface area contributed by atoms with Crippen molar-refractivity contribution < 1.29 is 9.47 Å². The van der Waals surface area contributed by atoms with Gasteiger partial charge in [-0.3, -0.25) is 4.98 Å². The molecule has 0 saturated carbocycles. The predicted molar refractivity (Wildman–Crippen MR) is 65.2 cm³/mol. The van der Waals surface area contributed by atoms with Crippen LogP contribution in [0.25, 0.3) is 0 Å². The number of rotatable bonds is 4. The molecule has 2 rings (SSSR count). The van der Waals surface area contributed by atoms with Crippen LogP contribution in [0.5, 0.6) is 17.2 Å².